The van der Waals surface area contributed by atoms with Gasteiger partial charge in [-0.15, -0.1) is 0 Å². The molecule has 1 saturated heterocycles. The molecule has 2 aliphatic rings. The lowest BCUT2D eigenvalue weighted by Crippen LogP contribution is -2.49. The van der Waals surface area contributed by atoms with E-state index >= 15 is 0 Å². The summed E-state index contributed by atoms with van der Waals surface area (Å²) in [5.74, 6) is -0.559. The Morgan fingerprint density at radius 2 is 2.50 bits per heavy atom. The van der Waals surface area contributed by atoms with Crippen molar-refractivity contribution in [3.63, 3.8) is 0 Å². The standard InChI is InChI=1S/C7H7NO3S/c9-6-3-4-1-2-5(8(4)6)7(10)11-12/h2,4,12H,1,3H2. The van der Waals surface area contributed by atoms with Crippen molar-refractivity contribution in [3.05, 3.63) is 11.8 Å². The Hall–Kier alpha value is -0.970. The number of hydrogen-bond donors (Lipinski definition) is 1. The van der Waals surface area contributed by atoms with Crippen LogP contribution in [0.2, 0.25) is 0 Å². The van der Waals surface area contributed by atoms with Gasteiger partial charge in [0.25, 0.3) is 0 Å². The van der Waals surface area contributed by atoms with Gasteiger partial charge in [-0.05, 0) is 6.42 Å². The van der Waals surface area contributed by atoms with Crippen molar-refractivity contribution < 1.29 is 13.8 Å². The molecule has 0 N–H and O–H groups in total. The first-order valence-corrected chi connectivity index (χ1v) is 3.98. The van der Waals surface area contributed by atoms with E-state index in [9.17, 15) is 9.59 Å². The van der Waals surface area contributed by atoms with E-state index in [1.54, 1.807) is 6.08 Å². The molecule has 0 radical (unpaired) electrons. The number of nitrogens with zero attached hydrogens (tertiary/aromatic N) is 1. The van der Waals surface area contributed by atoms with Crippen LogP contribution in [0.15, 0.2) is 11.8 Å². The summed E-state index contributed by atoms with van der Waals surface area (Å²) in [7, 11) is 0. The van der Waals surface area contributed by atoms with Crippen molar-refractivity contribution in [1.29, 1.82) is 0 Å². The van der Waals surface area contributed by atoms with Crippen LogP contribution < -0.4 is 0 Å². The van der Waals surface area contributed by atoms with Crippen molar-refractivity contribution in [2.24, 2.45) is 0 Å². The SMILES string of the molecule is O=C(OS)C1=CCC2CC(=O)N12. The molecule has 0 aromatic rings. The Morgan fingerprint density at radius 1 is 1.75 bits per heavy atom. The fourth-order valence-electron chi connectivity index (χ4n) is 1.58. The molecule has 5 heteroatoms. The topological polar surface area (TPSA) is 46.6 Å². The Bertz CT molecular complexity index is 286. The molecule has 0 aliphatic carbocycles. The molecule has 64 valence electrons. The van der Waals surface area contributed by atoms with Crippen LogP contribution in [0, 0.1) is 0 Å². The zero-order valence-corrected chi connectivity index (χ0v) is 7.08. The van der Waals surface area contributed by atoms with Gasteiger partial charge in [-0.2, -0.15) is 0 Å². The number of hydrogen-bond acceptors (Lipinski definition) is 4. The molecule has 1 unspecified atom stereocenters. The highest BCUT2D eigenvalue weighted by molar-refractivity contribution is 7.75. The molecule has 0 spiro atoms. The van der Waals surface area contributed by atoms with Crippen LogP contribution in [-0.4, -0.2) is 22.8 Å². The second-order valence-corrected chi connectivity index (χ2v) is 3.01. The van der Waals surface area contributed by atoms with Crippen LogP contribution >= 0.6 is 12.9 Å². The summed E-state index contributed by atoms with van der Waals surface area (Å²) >= 11 is 3.39. The summed E-state index contributed by atoms with van der Waals surface area (Å²) < 4.78 is 4.23. The highest BCUT2D eigenvalue weighted by Crippen LogP contribution is 2.33. The Morgan fingerprint density at radius 3 is 3.08 bits per heavy atom. The highest BCUT2D eigenvalue weighted by Gasteiger charge is 2.44. The van der Waals surface area contributed by atoms with Crippen molar-refractivity contribution in [1.82, 2.24) is 4.90 Å². The van der Waals surface area contributed by atoms with Gasteiger partial charge in [0, 0.05) is 25.4 Å². The maximum absolute atomic E-state index is 11.0. The lowest BCUT2D eigenvalue weighted by atomic mass is 10.0. The summed E-state index contributed by atoms with van der Waals surface area (Å²) in [5, 5.41) is 0. The molecular formula is C7H7NO3S. The molecule has 1 fully saturated rings. The van der Waals surface area contributed by atoms with Crippen LogP contribution in [0.25, 0.3) is 0 Å². The number of carbonyl (C=O) groups is 2. The third kappa shape index (κ3) is 0.859. The number of β-lactam (4-membered cyclic amide) rings is 1. The third-order valence-corrected chi connectivity index (χ3v) is 2.34. The van der Waals surface area contributed by atoms with Crippen molar-refractivity contribution >= 4 is 24.8 Å². The van der Waals surface area contributed by atoms with Gasteiger partial charge >= 0.3 is 5.97 Å². The molecule has 4 nitrogen and oxygen atoms in total. The monoisotopic (exact) mass is 185 g/mol. The summed E-state index contributed by atoms with van der Waals surface area (Å²) in [4.78, 5) is 23.5. The van der Waals surface area contributed by atoms with Gasteiger partial charge in [-0.25, -0.2) is 4.79 Å². The highest BCUT2D eigenvalue weighted by atomic mass is 32.1. The molecule has 0 bridgehead atoms. The Labute approximate surface area is 74.8 Å². The predicted octanol–water partition coefficient (Wildman–Crippen LogP) is 0.263. The zero-order valence-electron chi connectivity index (χ0n) is 6.19. The zero-order chi connectivity index (χ0) is 8.72. The molecule has 2 rings (SSSR count). The number of fused-ring (bicyclic) bond motifs is 1. The largest absolute Gasteiger partial charge is 0.390 e. The van der Waals surface area contributed by atoms with Gasteiger partial charge in [-0.3, -0.25) is 4.79 Å². The fourth-order valence-corrected chi connectivity index (χ4v) is 1.67. The maximum atomic E-state index is 11.0. The predicted molar refractivity (Wildman–Crippen MR) is 43.0 cm³/mol. The lowest BCUT2D eigenvalue weighted by molar-refractivity contribution is -0.146. The quantitative estimate of drug-likeness (QED) is 0.362. The first-order chi connectivity index (χ1) is 5.74. The van der Waals surface area contributed by atoms with Crippen molar-refractivity contribution in [3.8, 4) is 0 Å². The minimum Gasteiger partial charge on any atom is -0.390 e. The lowest BCUT2D eigenvalue weighted by Gasteiger charge is -2.35. The Kier molecular flexibility index (Phi) is 1.61. The van der Waals surface area contributed by atoms with E-state index in [2.05, 4.69) is 17.1 Å². The average Bonchev–Trinajstić information content (AvgIpc) is 2.40. The first-order valence-electron chi connectivity index (χ1n) is 3.62. The van der Waals surface area contributed by atoms with E-state index in [4.69, 9.17) is 0 Å². The first kappa shape index (κ1) is 7.67. The van der Waals surface area contributed by atoms with E-state index in [1.807, 2.05) is 0 Å². The van der Waals surface area contributed by atoms with Crippen LogP contribution in [-0.2, 0) is 13.8 Å². The van der Waals surface area contributed by atoms with E-state index < -0.39 is 5.97 Å². The number of carbonyl (C=O) groups excluding carboxylic acids is 2. The van der Waals surface area contributed by atoms with E-state index in [0.717, 1.165) is 6.42 Å². The number of rotatable bonds is 1. The minimum atomic E-state index is -0.547. The molecule has 2 aliphatic heterocycles. The van der Waals surface area contributed by atoms with Crippen molar-refractivity contribution in [2.45, 2.75) is 18.9 Å². The van der Waals surface area contributed by atoms with Crippen molar-refractivity contribution in [2.75, 3.05) is 0 Å². The molecule has 2 heterocycles. The molecule has 12 heavy (non-hydrogen) atoms. The van der Waals surface area contributed by atoms with Gasteiger partial charge in [0.2, 0.25) is 5.91 Å². The van der Waals surface area contributed by atoms with E-state index in [0.29, 0.717) is 12.1 Å². The maximum Gasteiger partial charge on any atom is 0.366 e. The van der Waals surface area contributed by atoms with Gasteiger partial charge < -0.3 is 9.08 Å². The molecule has 0 saturated carbocycles. The summed E-state index contributed by atoms with van der Waals surface area (Å²) in [6.07, 6.45) is 3.01. The number of thiol groups is 1. The summed E-state index contributed by atoms with van der Waals surface area (Å²) in [6.45, 7) is 0. The normalized spacial score (nSPS) is 26.1. The van der Waals surface area contributed by atoms with Gasteiger partial charge in [0.15, 0.2) is 0 Å². The third-order valence-electron chi connectivity index (χ3n) is 2.18. The molecule has 1 amide bonds. The summed E-state index contributed by atoms with van der Waals surface area (Å²) in [6, 6.07) is 0.194. The van der Waals surface area contributed by atoms with E-state index in [-0.39, 0.29) is 11.9 Å². The van der Waals surface area contributed by atoms with E-state index in [1.165, 1.54) is 4.90 Å². The number of amides is 1. The molecule has 0 aromatic carbocycles. The minimum absolute atomic E-state index is 0.0116. The smallest absolute Gasteiger partial charge is 0.366 e. The Balaban J connectivity index is 2.17. The van der Waals surface area contributed by atoms with Gasteiger partial charge in [0.05, 0.1) is 0 Å². The molecule has 0 aromatic heterocycles. The average molecular weight is 185 g/mol. The fraction of sp³-hybridized carbons (Fsp3) is 0.429. The molecule has 1 atom stereocenters. The van der Waals surface area contributed by atoms with Crippen LogP contribution in [0.5, 0.6) is 0 Å². The summed E-state index contributed by atoms with van der Waals surface area (Å²) in [5.41, 5.74) is 0.339. The van der Waals surface area contributed by atoms with Gasteiger partial charge in [-0.1, -0.05) is 6.08 Å². The molecular weight excluding hydrogens is 178 g/mol. The van der Waals surface area contributed by atoms with Crippen LogP contribution in [0.3, 0.4) is 0 Å². The second kappa shape index (κ2) is 2.52. The van der Waals surface area contributed by atoms with Crippen LogP contribution in [0.4, 0.5) is 0 Å². The van der Waals surface area contributed by atoms with Gasteiger partial charge in [0.1, 0.15) is 5.70 Å². The van der Waals surface area contributed by atoms with Crippen LogP contribution in [0.1, 0.15) is 12.8 Å². The second-order valence-electron chi connectivity index (χ2n) is 2.83.